The van der Waals surface area contributed by atoms with E-state index in [1.807, 2.05) is 12.1 Å². The maximum Gasteiger partial charge on any atom is 0.425 e. The van der Waals surface area contributed by atoms with Crippen molar-refractivity contribution in [1.82, 2.24) is 0 Å². The Hall–Kier alpha value is -3.07. The third-order valence-corrected chi connectivity index (χ3v) is 5.48. The van der Waals surface area contributed by atoms with Crippen LogP contribution in [-0.2, 0) is 6.18 Å². The number of azo groups is 2. The molecule has 0 fully saturated rings. The van der Waals surface area contributed by atoms with Crippen molar-refractivity contribution in [3.63, 3.8) is 0 Å². The first kappa shape index (κ1) is 23.6. The first-order valence-corrected chi connectivity index (χ1v) is 11.2. The van der Waals surface area contributed by atoms with Gasteiger partial charge in [-0.2, -0.15) is 23.4 Å². The maximum atomic E-state index is 12.6. The average molecular weight is 460 g/mol. The predicted octanol–water partition coefficient (Wildman–Crippen LogP) is 9.22. The van der Waals surface area contributed by atoms with Gasteiger partial charge in [-0.05, 0) is 73.5 Å². The van der Waals surface area contributed by atoms with E-state index in [0.717, 1.165) is 37.7 Å². The molecule has 32 heavy (non-hydrogen) atoms. The van der Waals surface area contributed by atoms with Gasteiger partial charge in [0.1, 0.15) is 9.88 Å². The van der Waals surface area contributed by atoms with Gasteiger partial charge in [-0.15, -0.1) is 21.6 Å². The summed E-state index contributed by atoms with van der Waals surface area (Å²) < 4.78 is 37.9. The number of anilines is 1. The number of rotatable bonds is 9. The lowest BCUT2D eigenvalue weighted by Crippen LogP contribution is -2.24. The summed E-state index contributed by atoms with van der Waals surface area (Å²) >= 11 is 0.554. The summed E-state index contributed by atoms with van der Waals surface area (Å²) in [6, 6.07) is 17.1. The highest BCUT2D eigenvalue weighted by Gasteiger charge is 2.32. The average Bonchev–Trinajstić information content (AvgIpc) is 3.27. The van der Waals surface area contributed by atoms with E-state index in [4.69, 9.17) is 0 Å². The number of thiophene rings is 1. The molecule has 0 bridgehead atoms. The Balaban J connectivity index is 1.61. The minimum Gasteiger partial charge on any atom is -0.372 e. The molecule has 0 aliphatic heterocycles. The van der Waals surface area contributed by atoms with E-state index in [0.29, 0.717) is 22.7 Å². The SMILES string of the molecule is CCCN(CCC)c1ccc(N=Nc2ccc(N=Nc3ccc(C(F)(F)F)s3)cc2)cc1. The van der Waals surface area contributed by atoms with Crippen LogP contribution in [0.3, 0.4) is 0 Å². The first-order valence-electron chi connectivity index (χ1n) is 10.3. The highest BCUT2D eigenvalue weighted by Crippen LogP contribution is 2.38. The van der Waals surface area contributed by atoms with Gasteiger partial charge >= 0.3 is 6.18 Å². The maximum absolute atomic E-state index is 12.6. The number of benzene rings is 2. The van der Waals surface area contributed by atoms with Gasteiger partial charge in [0.25, 0.3) is 0 Å². The lowest BCUT2D eigenvalue weighted by molar-refractivity contribution is -0.134. The molecule has 1 heterocycles. The molecule has 3 aromatic rings. The van der Waals surface area contributed by atoms with E-state index < -0.39 is 11.1 Å². The smallest absolute Gasteiger partial charge is 0.372 e. The molecular formula is C23H24F3N5S. The van der Waals surface area contributed by atoms with Crippen molar-refractivity contribution in [1.29, 1.82) is 0 Å². The number of alkyl halides is 3. The summed E-state index contributed by atoms with van der Waals surface area (Å²) in [4.78, 5) is 1.66. The monoisotopic (exact) mass is 459 g/mol. The molecule has 5 nitrogen and oxygen atoms in total. The second-order valence-electron chi connectivity index (χ2n) is 7.06. The summed E-state index contributed by atoms with van der Waals surface area (Å²) in [5.74, 6) is 0. The molecule has 0 N–H and O–H groups in total. The van der Waals surface area contributed by atoms with Crippen LogP contribution in [0.5, 0.6) is 0 Å². The van der Waals surface area contributed by atoms with E-state index in [-0.39, 0.29) is 5.00 Å². The van der Waals surface area contributed by atoms with Crippen LogP contribution < -0.4 is 4.90 Å². The van der Waals surface area contributed by atoms with Crippen LogP contribution in [0.2, 0.25) is 0 Å². The fourth-order valence-electron chi connectivity index (χ4n) is 2.98. The van der Waals surface area contributed by atoms with Crippen LogP contribution in [0.15, 0.2) is 81.1 Å². The van der Waals surface area contributed by atoms with Crippen LogP contribution in [0, 0.1) is 0 Å². The second-order valence-corrected chi connectivity index (χ2v) is 8.12. The normalized spacial score (nSPS) is 12.2. The third-order valence-electron chi connectivity index (χ3n) is 4.47. The Kier molecular flexibility index (Phi) is 8.10. The van der Waals surface area contributed by atoms with E-state index in [9.17, 15) is 13.2 Å². The zero-order chi connectivity index (χ0) is 23.0. The van der Waals surface area contributed by atoms with Gasteiger partial charge in [-0.1, -0.05) is 13.8 Å². The molecule has 0 spiro atoms. The van der Waals surface area contributed by atoms with E-state index in [2.05, 4.69) is 51.3 Å². The molecule has 168 valence electrons. The largest absolute Gasteiger partial charge is 0.425 e. The summed E-state index contributed by atoms with van der Waals surface area (Å²) in [5.41, 5.74) is 3.09. The molecule has 0 unspecified atom stereocenters. The fourth-order valence-corrected chi connectivity index (χ4v) is 3.68. The van der Waals surface area contributed by atoms with Crippen molar-refractivity contribution < 1.29 is 13.2 Å². The molecule has 2 aromatic carbocycles. The van der Waals surface area contributed by atoms with Crippen LogP contribution in [-0.4, -0.2) is 13.1 Å². The minimum atomic E-state index is -4.37. The molecule has 0 atom stereocenters. The van der Waals surface area contributed by atoms with Crippen molar-refractivity contribution in [2.75, 3.05) is 18.0 Å². The molecule has 0 aliphatic carbocycles. The summed E-state index contributed by atoms with van der Waals surface area (Å²) in [5, 5.41) is 16.5. The quantitative estimate of drug-likeness (QED) is 0.294. The molecular weight excluding hydrogens is 435 g/mol. The zero-order valence-electron chi connectivity index (χ0n) is 17.9. The molecule has 0 amide bonds. The number of halogens is 3. The Labute approximate surface area is 189 Å². The Morgan fingerprint density at radius 2 is 1.16 bits per heavy atom. The van der Waals surface area contributed by atoms with E-state index >= 15 is 0 Å². The van der Waals surface area contributed by atoms with E-state index in [1.165, 1.54) is 11.8 Å². The van der Waals surface area contributed by atoms with Crippen molar-refractivity contribution in [2.45, 2.75) is 32.9 Å². The predicted molar refractivity (Wildman–Crippen MR) is 123 cm³/mol. The van der Waals surface area contributed by atoms with Gasteiger partial charge in [0.2, 0.25) is 0 Å². The van der Waals surface area contributed by atoms with Gasteiger partial charge in [0.15, 0.2) is 0 Å². The Morgan fingerprint density at radius 1 is 0.688 bits per heavy atom. The summed E-state index contributed by atoms with van der Waals surface area (Å²) in [6.45, 7) is 6.39. The second kappa shape index (κ2) is 11.0. The van der Waals surface area contributed by atoms with Crippen molar-refractivity contribution in [3.8, 4) is 0 Å². The van der Waals surface area contributed by atoms with Gasteiger partial charge < -0.3 is 4.90 Å². The molecule has 3 rings (SSSR count). The molecule has 0 radical (unpaired) electrons. The van der Waals surface area contributed by atoms with Gasteiger partial charge in [0.05, 0.1) is 17.1 Å². The number of nitrogens with zero attached hydrogens (tertiary/aromatic N) is 5. The van der Waals surface area contributed by atoms with Crippen LogP contribution in [0.4, 0.5) is 40.9 Å². The molecule has 9 heteroatoms. The summed E-state index contributed by atoms with van der Waals surface area (Å²) in [6.07, 6.45) is -2.17. The highest BCUT2D eigenvalue weighted by molar-refractivity contribution is 7.15. The van der Waals surface area contributed by atoms with Crippen molar-refractivity contribution in [3.05, 3.63) is 65.5 Å². The minimum absolute atomic E-state index is 0.195. The standard InChI is InChI=1S/C23H24F3N5S/c1-3-15-31(16-4-2)20-11-9-19(10-12-20)28-27-17-5-7-18(8-6-17)29-30-22-14-13-21(32-22)23(24,25)26/h5-14H,3-4,15-16H2,1-2H3. The van der Waals surface area contributed by atoms with Gasteiger partial charge in [-0.25, -0.2) is 0 Å². The van der Waals surface area contributed by atoms with Crippen LogP contribution >= 0.6 is 11.3 Å². The lowest BCUT2D eigenvalue weighted by Gasteiger charge is -2.23. The first-order chi connectivity index (χ1) is 15.4. The van der Waals surface area contributed by atoms with Crippen molar-refractivity contribution in [2.24, 2.45) is 20.5 Å². The molecule has 0 saturated heterocycles. The van der Waals surface area contributed by atoms with Crippen LogP contribution in [0.1, 0.15) is 31.6 Å². The van der Waals surface area contributed by atoms with E-state index in [1.54, 1.807) is 24.3 Å². The van der Waals surface area contributed by atoms with Gasteiger partial charge in [-0.3, -0.25) is 0 Å². The molecule has 1 aromatic heterocycles. The number of hydrogen-bond donors (Lipinski definition) is 0. The number of hydrogen-bond acceptors (Lipinski definition) is 6. The third kappa shape index (κ3) is 6.71. The van der Waals surface area contributed by atoms with Crippen molar-refractivity contribution >= 4 is 39.1 Å². The zero-order valence-corrected chi connectivity index (χ0v) is 18.7. The van der Waals surface area contributed by atoms with Crippen LogP contribution in [0.25, 0.3) is 0 Å². The Morgan fingerprint density at radius 3 is 1.59 bits per heavy atom. The molecule has 0 aliphatic rings. The summed E-state index contributed by atoms with van der Waals surface area (Å²) in [7, 11) is 0. The van der Waals surface area contributed by atoms with Gasteiger partial charge in [0, 0.05) is 18.8 Å². The highest BCUT2D eigenvalue weighted by atomic mass is 32.1. The fraction of sp³-hybridized carbons (Fsp3) is 0.304. The topological polar surface area (TPSA) is 52.7 Å². The molecule has 0 saturated carbocycles. The Bertz CT molecular complexity index is 1030. The lowest BCUT2D eigenvalue weighted by atomic mass is 10.2.